The SMILES string of the molecule is CC(C)c1ccc(SCc2ccccc2C(=O)NN)cc1. The number of benzene rings is 2. The molecular weight excluding hydrogens is 280 g/mol. The van der Waals surface area contributed by atoms with Crippen LogP contribution in [0.15, 0.2) is 53.4 Å². The second kappa shape index (κ2) is 7.29. The second-order valence-corrected chi connectivity index (χ2v) is 6.19. The van der Waals surface area contributed by atoms with Crippen LogP contribution in [0.2, 0.25) is 0 Å². The third kappa shape index (κ3) is 4.09. The summed E-state index contributed by atoms with van der Waals surface area (Å²) in [6.45, 7) is 4.37. The number of hydrazine groups is 1. The summed E-state index contributed by atoms with van der Waals surface area (Å²) in [5, 5.41) is 0. The third-order valence-corrected chi connectivity index (χ3v) is 4.40. The zero-order valence-electron chi connectivity index (χ0n) is 12.3. The van der Waals surface area contributed by atoms with Crippen molar-refractivity contribution in [2.75, 3.05) is 0 Å². The van der Waals surface area contributed by atoms with Crippen LogP contribution in [0, 0.1) is 0 Å². The van der Waals surface area contributed by atoms with E-state index >= 15 is 0 Å². The Kier molecular flexibility index (Phi) is 5.42. The lowest BCUT2D eigenvalue weighted by molar-refractivity contribution is 0.0953. The summed E-state index contributed by atoms with van der Waals surface area (Å²) in [6.07, 6.45) is 0. The summed E-state index contributed by atoms with van der Waals surface area (Å²) in [7, 11) is 0. The van der Waals surface area contributed by atoms with E-state index in [1.54, 1.807) is 17.8 Å². The van der Waals surface area contributed by atoms with Crippen LogP contribution in [0.25, 0.3) is 0 Å². The molecule has 0 radical (unpaired) electrons. The van der Waals surface area contributed by atoms with Gasteiger partial charge in [0, 0.05) is 16.2 Å². The Balaban J connectivity index is 2.08. The normalized spacial score (nSPS) is 10.7. The highest BCUT2D eigenvalue weighted by Gasteiger charge is 2.09. The van der Waals surface area contributed by atoms with Crippen LogP contribution < -0.4 is 11.3 Å². The fourth-order valence-electron chi connectivity index (χ4n) is 2.06. The molecule has 0 fully saturated rings. The van der Waals surface area contributed by atoms with Crippen LogP contribution in [-0.4, -0.2) is 5.91 Å². The van der Waals surface area contributed by atoms with Crippen molar-refractivity contribution in [3.05, 3.63) is 65.2 Å². The zero-order chi connectivity index (χ0) is 15.2. The standard InChI is InChI=1S/C17H20N2OS/c1-12(2)13-7-9-15(10-8-13)21-11-14-5-3-4-6-16(14)17(20)19-18/h3-10,12H,11,18H2,1-2H3,(H,19,20). The number of carbonyl (C=O) groups is 1. The number of thioether (sulfide) groups is 1. The molecule has 0 aliphatic carbocycles. The number of amides is 1. The molecule has 110 valence electrons. The van der Waals surface area contributed by atoms with Gasteiger partial charge in [0.25, 0.3) is 5.91 Å². The molecule has 0 aliphatic rings. The van der Waals surface area contributed by atoms with Crippen molar-refractivity contribution < 1.29 is 4.79 Å². The quantitative estimate of drug-likeness (QED) is 0.383. The van der Waals surface area contributed by atoms with E-state index in [-0.39, 0.29) is 5.91 Å². The van der Waals surface area contributed by atoms with E-state index in [2.05, 4.69) is 43.5 Å². The Labute approximate surface area is 129 Å². The molecule has 4 heteroatoms. The van der Waals surface area contributed by atoms with Crippen molar-refractivity contribution >= 4 is 17.7 Å². The number of nitrogens with one attached hydrogen (secondary N) is 1. The highest BCUT2D eigenvalue weighted by atomic mass is 32.2. The van der Waals surface area contributed by atoms with Crippen molar-refractivity contribution in [2.24, 2.45) is 5.84 Å². The van der Waals surface area contributed by atoms with Crippen LogP contribution in [0.4, 0.5) is 0 Å². The minimum absolute atomic E-state index is 0.249. The molecule has 0 unspecified atom stereocenters. The molecule has 1 amide bonds. The van der Waals surface area contributed by atoms with Crippen LogP contribution in [0.3, 0.4) is 0 Å². The van der Waals surface area contributed by atoms with E-state index in [0.29, 0.717) is 11.5 Å². The molecule has 0 aromatic heterocycles. The molecule has 3 N–H and O–H groups in total. The molecule has 0 heterocycles. The highest BCUT2D eigenvalue weighted by molar-refractivity contribution is 7.98. The monoisotopic (exact) mass is 300 g/mol. The maximum absolute atomic E-state index is 11.7. The second-order valence-electron chi connectivity index (χ2n) is 5.14. The van der Waals surface area contributed by atoms with Crippen LogP contribution in [-0.2, 0) is 5.75 Å². The van der Waals surface area contributed by atoms with E-state index < -0.39 is 0 Å². The molecule has 0 saturated heterocycles. The van der Waals surface area contributed by atoms with Crippen LogP contribution >= 0.6 is 11.8 Å². The number of rotatable bonds is 5. The van der Waals surface area contributed by atoms with Crippen LogP contribution in [0.5, 0.6) is 0 Å². The van der Waals surface area contributed by atoms with Crippen molar-refractivity contribution in [1.82, 2.24) is 5.43 Å². The lowest BCUT2D eigenvalue weighted by atomic mass is 10.0. The Bertz CT molecular complexity index is 608. The molecule has 3 nitrogen and oxygen atoms in total. The summed E-state index contributed by atoms with van der Waals surface area (Å²) >= 11 is 1.72. The first-order chi connectivity index (χ1) is 10.1. The van der Waals surface area contributed by atoms with Gasteiger partial charge in [-0.05, 0) is 35.2 Å². The largest absolute Gasteiger partial charge is 0.290 e. The summed E-state index contributed by atoms with van der Waals surface area (Å²) < 4.78 is 0. The van der Waals surface area contributed by atoms with Crippen molar-refractivity contribution in [2.45, 2.75) is 30.4 Å². The Morgan fingerprint density at radius 2 is 1.81 bits per heavy atom. The van der Waals surface area contributed by atoms with Gasteiger partial charge in [0.2, 0.25) is 0 Å². The van der Waals surface area contributed by atoms with Crippen molar-refractivity contribution in [3.8, 4) is 0 Å². The van der Waals surface area contributed by atoms with Crippen molar-refractivity contribution in [3.63, 3.8) is 0 Å². The molecule has 2 rings (SSSR count). The fraction of sp³-hybridized carbons (Fsp3) is 0.235. The van der Waals surface area contributed by atoms with Gasteiger partial charge in [-0.15, -0.1) is 11.8 Å². The molecule has 0 atom stereocenters. The van der Waals surface area contributed by atoms with E-state index in [1.165, 1.54) is 10.5 Å². The maximum Gasteiger partial charge on any atom is 0.265 e. The van der Waals surface area contributed by atoms with Gasteiger partial charge in [-0.1, -0.05) is 44.2 Å². The summed E-state index contributed by atoms with van der Waals surface area (Å²) in [4.78, 5) is 12.9. The average Bonchev–Trinajstić information content (AvgIpc) is 2.52. The smallest absolute Gasteiger partial charge is 0.265 e. The average molecular weight is 300 g/mol. The summed E-state index contributed by atoms with van der Waals surface area (Å²) in [5.74, 6) is 6.25. The lowest BCUT2D eigenvalue weighted by Gasteiger charge is -2.09. The molecule has 0 aliphatic heterocycles. The van der Waals surface area contributed by atoms with Gasteiger partial charge in [0.05, 0.1) is 0 Å². The van der Waals surface area contributed by atoms with Gasteiger partial charge in [0.15, 0.2) is 0 Å². The fourth-order valence-corrected chi connectivity index (χ4v) is 2.96. The minimum atomic E-state index is -0.249. The molecule has 0 bridgehead atoms. The Morgan fingerprint density at radius 1 is 1.14 bits per heavy atom. The van der Waals surface area contributed by atoms with Gasteiger partial charge in [-0.25, -0.2) is 5.84 Å². The number of nitrogen functional groups attached to an aromatic ring is 1. The summed E-state index contributed by atoms with van der Waals surface area (Å²) in [6, 6.07) is 16.1. The van der Waals surface area contributed by atoms with E-state index in [4.69, 9.17) is 5.84 Å². The Hall–Kier alpha value is -1.78. The molecule has 2 aromatic carbocycles. The molecule has 0 saturated carbocycles. The molecular formula is C17H20N2OS. The molecule has 2 aromatic rings. The predicted molar refractivity (Wildman–Crippen MR) is 88.2 cm³/mol. The van der Waals surface area contributed by atoms with E-state index in [1.807, 2.05) is 18.2 Å². The minimum Gasteiger partial charge on any atom is -0.290 e. The lowest BCUT2D eigenvalue weighted by Crippen LogP contribution is -2.30. The zero-order valence-corrected chi connectivity index (χ0v) is 13.1. The maximum atomic E-state index is 11.7. The number of hydrogen-bond acceptors (Lipinski definition) is 3. The van der Waals surface area contributed by atoms with E-state index in [9.17, 15) is 4.79 Å². The molecule has 21 heavy (non-hydrogen) atoms. The highest BCUT2D eigenvalue weighted by Crippen LogP contribution is 2.26. The van der Waals surface area contributed by atoms with Gasteiger partial charge in [-0.2, -0.15) is 0 Å². The first kappa shape index (κ1) is 15.6. The van der Waals surface area contributed by atoms with Crippen molar-refractivity contribution in [1.29, 1.82) is 0 Å². The van der Waals surface area contributed by atoms with E-state index in [0.717, 1.165) is 11.3 Å². The van der Waals surface area contributed by atoms with Gasteiger partial charge < -0.3 is 0 Å². The molecule has 0 spiro atoms. The number of carbonyl (C=O) groups excluding carboxylic acids is 1. The summed E-state index contributed by atoms with van der Waals surface area (Å²) in [5.41, 5.74) is 5.14. The first-order valence-electron chi connectivity index (χ1n) is 6.93. The van der Waals surface area contributed by atoms with Gasteiger partial charge in [0.1, 0.15) is 0 Å². The Morgan fingerprint density at radius 3 is 2.43 bits per heavy atom. The topological polar surface area (TPSA) is 55.1 Å². The predicted octanol–water partition coefficient (Wildman–Crippen LogP) is 3.71. The van der Waals surface area contributed by atoms with Crippen LogP contribution in [0.1, 0.15) is 41.3 Å². The number of hydrogen-bond donors (Lipinski definition) is 2. The third-order valence-electron chi connectivity index (χ3n) is 3.33. The van der Waals surface area contributed by atoms with Gasteiger partial charge in [-0.3, -0.25) is 10.2 Å². The first-order valence-corrected chi connectivity index (χ1v) is 7.92. The van der Waals surface area contributed by atoms with Gasteiger partial charge >= 0.3 is 0 Å². The number of nitrogens with two attached hydrogens (primary N) is 1.